The van der Waals surface area contributed by atoms with Gasteiger partial charge in [-0.05, 0) is 18.9 Å². The third-order valence-corrected chi connectivity index (χ3v) is 3.36. The number of ether oxygens (including phenoxy) is 1. The van der Waals surface area contributed by atoms with Crippen LogP contribution in [0.5, 0.6) is 5.88 Å². The van der Waals surface area contributed by atoms with Crippen molar-refractivity contribution in [3.63, 3.8) is 0 Å². The highest BCUT2D eigenvalue weighted by molar-refractivity contribution is 6.18. The lowest BCUT2D eigenvalue weighted by Crippen LogP contribution is -2.35. The second-order valence-electron chi connectivity index (χ2n) is 4.30. The number of pyridine rings is 1. The van der Waals surface area contributed by atoms with Gasteiger partial charge in [-0.2, -0.15) is 0 Å². The molecule has 0 N–H and O–H groups in total. The van der Waals surface area contributed by atoms with Gasteiger partial charge >= 0.3 is 0 Å². The van der Waals surface area contributed by atoms with Crippen molar-refractivity contribution in [3.8, 4) is 5.88 Å². The van der Waals surface area contributed by atoms with Crippen LogP contribution in [0.1, 0.15) is 32.4 Å². The Hall–Kier alpha value is -0.800. The molecule has 0 saturated heterocycles. The molecule has 1 heterocycles. The van der Waals surface area contributed by atoms with E-state index < -0.39 is 0 Å². The topological polar surface area (TPSA) is 25.4 Å². The zero-order chi connectivity index (χ0) is 13.4. The van der Waals surface area contributed by atoms with E-state index in [4.69, 9.17) is 16.3 Å². The first-order chi connectivity index (χ1) is 8.74. The SMILES string of the molecule is CCC(CC)N(CCCl)Cc1cccc(OC)n1. The number of nitrogens with zero attached hydrogens (tertiary/aromatic N) is 2. The Kier molecular flexibility index (Phi) is 7.06. The maximum absolute atomic E-state index is 5.89. The first-order valence-electron chi connectivity index (χ1n) is 6.55. The quantitative estimate of drug-likeness (QED) is 0.678. The van der Waals surface area contributed by atoms with Crippen molar-refractivity contribution in [3.05, 3.63) is 23.9 Å². The number of halogens is 1. The normalized spacial score (nSPS) is 11.2. The van der Waals surface area contributed by atoms with E-state index in [-0.39, 0.29) is 0 Å². The molecule has 0 bridgehead atoms. The summed E-state index contributed by atoms with van der Waals surface area (Å²) >= 11 is 5.89. The van der Waals surface area contributed by atoms with Crippen molar-refractivity contribution in [2.24, 2.45) is 0 Å². The van der Waals surface area contributed by atoms with Crippen LogP contribution in [0, 0.1) is 0 Å². The Morgan fingerprint density at radius 3 is 2.61 bits per heavy atom. The van der Waals surface area contributed by atoms with Crippen LogP contribution in [0.3, 0.4) is 0 Å². The van der Waals surface area contributed by atoms with Crippen molar-refractivity contribution >= 4 is 11.6 Å². The van der Waals surface area contributed by atoms with Gasteiger partial charge < -0.3 is 4.74 Å². The summed E-state index contributed by atoms with van der Waals surface area (Å²) in [4.78, 5) is 6.85. The van der Waals surface area contributed by atoms with E-state index in [9.17, 15) is 0 Å². The third-order valence-electron chi connectivity index (χ3n) is 3.19. The molecule has 3 nitrogen and oxygen atoms in total. The molecule has 1 aromatic rings. The highest BCUT2D eigenvalue weighted by Crippen LogP contribution is 2.14. The molecule has 0 radical (unpaired) electrons. The molecule has 0 amide bonds. The first kappa shape index (κ1) is 15.3. The summed E-state index contributed by atoms with van der Waals surface area (Å²) in [5.74, 6) is 1.32. The molecule has 0 fully saturated rings. The van der Waals surface area contributed by atoms with Gasteiger partial charge in [-0.3, -0.25) is 4.90 Å². The molecule has 0 aliphatic rings. The van der Waals surface area contributed by atoms with Crippen LogP contribution in [-0.2, 0) is 6.54 Å². The van der Waals surface area contributed by atoms with Gasteiger partial charge in [0.1, 0.15) is 0 Å². The van der Waals surface area contributed by atoms with Gasteiger partial charge in [0.15, 0.2) is 0 Å². The van der Waals surface area contributed by atoms with Crippen LogP contribution < -0.4 is 4.74 Å². The minimum Gasteiger partial charge on any atom is -0.481 e. The fourth-order valence-electron chi connectivity index (χ4n) is 2.17. The molecule has 0 saturated carbocycles. The lowest BCUT2D eigenvalue weighted by Gasteiger charge is -2.29. The van der Waals surface area contributed by atoms with Crippen LogP contribution in [0.25, 0.3) is 0 Å². The van der Waals surface area contributed by atoms with E-state index in [2.05, 4.69) is 23.7 Å². The van der Waals surface area contributed by atoms with Crippen molar-refractivity contribution in [1.29, 1.82) is 0 Å². The summed E-state index contributed by atoms with van der Waals surface area (Å²) in [7, 11) is 1.64. The van der Waals surface area contributed by atoms with Gasteiger partial charge in [0.05, 0.1) is 12.8 Å². The second kappa shape index (κ2) is 8.33. The van der Waals surface area contributed by atoms with Crippen molar-refractivity contribution in [2.45, 2.75) is 39.3 Å². The number of hydrogen-bond donors (Lipinski definition) is 0. The van der Waals surface area contributed by atoms with Gasteiger partial charge in [-0.15, -0.1) is 11.6 Å². The minimum atomic E-state index is 0.566. The predicted molar refractivity (Wildman–Crippen MR) is 76.3 cm³/mol. The van der Waals surface area contributed by atoms with E-state index in [0.29, 0.717) is 17.8 Å². The Morgan fingerprint density at radius 2 is 2.06 bits per heavy atom. The number of hydrogen-bond acceptors (Lipinski definition) is 3. The van der Waals surface area contributed by atoms with Gasteiger partial charge in [0.25, 0.3) is 0 Å². The number of rotatable bonds is 8. The molecular formula is C14H23ClN2O. The molecular weight excluding hydrogens is 248 g/mol. The lowest BCUT2D eigenvalue weighted by atomic mass is 10.1. The fourth-order valence-corrected chi connectivity index (χ4v) is 2.39. The largest absolute Gasteiger partial charge is 0.481 e. The monoisotopic (exact) mass is 270 g/mol. The molecule has 0 atom stereocenters. The molecule has 0 aliphatic heterocycles. The van der Waals surface area contributed by atoms with Crippen LogP contribution in [0.2, 0.25) is 0 Å². The van der Waals surface area contributed by atoms with Crippen molar-refractivity contribution in [1.82, 2.24) is 9.88 Å². The zero-order valence-corrected chi connectivity index (χ0v) is 12.3. The summed E-state index contributed by atoms with van der Waals surface area (Å²) in [6.07, 6.45) is 2.27. The highest BCUT2D eigenvalue weighted by Gasteiger charge is 2.15. The van der Waals surface area contributed by atoms with Gasteiger partial charge in [-0.25, -0.2) is 4.98 Å². The van der Waals surface area contributed by atoms with Gasteiger partial charge in [0, 0.05) is 31.1 Å². The zero-order valence-electron chi connectivity index (χ0n) is 11.5. The van der Waals surface area contributed by atoms with Crippen LogP contribution in [0.15, 0.2) is 18.2 Å². The van der Waals surface area contributed by atoms with Gasteiger partial charge in [-0.1, -0.05) is 19.9 Å². The smallest absolute Gasteiger partial charge is 0.213 e. The van der Waals surface area contributed by atoms with E-state index in [0.717, 1.165) is 31.6 Å². The Bertz CT molecular complexity index is 342. The molecule has 1 aromatic heterocycles. The average molecular weight is 271 g/mol. The molecule has 1 rings (SSSR count). The third kappa shape index (κ3) is 4.46. The van der Waals surface area contributed by atoms with E-state index in [1.54, 1.807) is 7.11 Å². The Morgan fingerprint density at radius 1 is 1.33 bits per heavy atom. The van der Waals surface area contributed by atoms with Crippen LogP contribution >= 0.6 is 11.6 Å². The van der Waals surface area contributed by atoms with Gasteiger partial charge in [0.2, 0.25) is 5.88 Å². The predicted octanol–water partition coefficient (Wildman–Crippen LogP) is 3.32. The molecule has 0 unspecified atom stereocenters. The van der Waals surface area contributed by atoms with Crippen molar-refractivity contribution in [2.75, 3.05) is 19.5 Å². The average Bonchev–Trinajstić information content (AvgIpc) is 2.40. The van der Waals surface area contributed by atoms with E-state index in [1.807, 2.05) is 18.2 Å². The fraction of sp³-hybridized carbons (Fsp3) is 0.643. The summed E-state index contributed by atoms with van der Waals surface area (Å²) in [6.45, 7) is 6.16. The molecule has 0 spiro atoms. The van der Waals surface area contributed by atoms with Crippen LogP contribution in [-0.4, -0.2) is 35.5 Å². The lowest BCUT2D eigenvalue weighted by molar-refractivity contribution is 0.185. The molecule has 0 aliphatic carbocycles. The molecule has 102 valence electrons. The summed E-state index contributed by atoms with van der Waals surface area (Å²) in [5.41, 5.74) is 1.03. The Balaban J connectivity index is 2.75. The maximum Gasteiger partial charge on any atom is 0.213 e. The minimum absolute atomic E-state index is 0.566. The maximum atomic E-state index is 5.89. The summed E-state index contributed by atoms with van der Waals surface area (Å²) in [5, 5.41) is 0. The number of aromatic nitrogens is 1. The molecule has 0 aromatic carbocycles. The molecule has 4 heteroatoms. The number of methoxy groups -OCH3 is 1. The van der Waals surface area contributed by atoms with Crippen molar-refractivity contribution < 1.29 is 4.74 Å². The Labute approximate surface area is 115 Å². The number of alkyl halides is 1. The standard InChI is InChI=1S/C14H23ClN2O/c1-4-13(5-2)17(10-9-15)11-12-7-6-8-14(16-12)18-3/h6-8,13H,4-5,9-11H2,1-3H3. The van der Waals surface area contributed by atoms with Crippen LogP contribution in [0.4, 0.5) is 0 Å². The second-order valence-corrected chi connectivity index (χ2v) is 4.68. The molecule has 18 heavy (non-hydrogen) atoms. The first-order valence-corrected chi connectivity index (χ1v) is 7.08. The summed E-state index contributed by atoms with van der Waals surface area (Å²) in [6, 6.07) is 6.45. The van der Waals surface area contributed by atoms with E-state index in [1.165, 1.54) is 0 Å². The highest BCUT2D eigenvalue weighted by atomic mass is 35.5. The summed E-state index contributed by atoms with van der Waals surface area (Å²) < 4.78 is 5.15. The van der Waals surface area contributed by atoms with E-state index >= 15 is 0 Å².